The third kappa shape index (κ3) is 2.74. The van der Waals surface area contributed by atoms with Gasteiger partial charge in [0, 0.05) is 37.9 Å². The van der Waals surface area contributed by atoms with Crippen molar-refractivity contribution in [2.24, 2.45) is 0 Å². The van der Waals surface area contributed by atoms with Gasteiger partial charge in [0.15, 0.2) is 0 Å². The number of hydrogen-bond acceptors (Lipinski definition) is 1. The maximum absolute atomic E-state index is 3.59. The van der Waals surface area contributed by atoms with Gasteiger partial charge in [0.1, 0.15) is 0 Å². The summed E-state index contributed by atoms with van der Waals surface area (Å²) in [6, 6.07) is 11.0. The van der Waals surface area contributed by atoms with Gasteiger partial charge in [0.05, 0.1) is 0 Å². The lowest BCUT2D eigenvalue weighted by Gasteiger charge is -2.30. The molecule has 19 heavy (non-hydrogen) atoms. The zero-order chi connectivity index (χ0) is 13.1. The highest BCUT2D eigenvalue weighted by Crippen LogP contribution is 2.33. The summed E-state index contributed by atoms with van der Waals surface area (Å²) in [4.78, 5) is 0. The van der Waals surface area contributed by atoms with E-state index in [1.807, 2.05) is 0 Å². The Morgan fingerprint density at radius 2 is 2.16 bits per heavy atom. The molecule has 100 valence electrons. The molecule has 1 aliphatic rings. The molecular formula is C17H22N2. The lowest BCUT2D eigenvalue weighted by Crippen LogP contribution is -2.28. The SMILES string of the molecule is CCCn1ccc(CNCC2Cc3ccccc32)c1. The van der Waals surface area contributed by atoms with Gasteiger partial charge in [0.25, 0.3) is 0 Å². The summed E-state index contributed by atoms with van der Waals surface area (Å²) in [5, 5.41) is 3.59. The number of fused-ring (bicyclic) bond motifs is 1. The molecule has 0 bridgehead atoms. The Bertz CT molecular complexity index is 542. The second-order valence-corrected chi connectivity index (χ2v) is 5.49. The van der Waals surface area contributed by atoms with Gasteiger partial charge >= 0.3 is 0 Å². The van der Waals surface area contributed by atoms with Crippen LogP contribution in [0, 0.1) is 0 Å². The van der Waals surface area contributed by atoms with Crippen LogP contribution in [-0.4, -0.2) is 11.1 Å². The molecule has 0 amide bonds. The summed E-state index contributed by atoms with van der Waals surface area (Å²) < 4.78 is 2.27. The number of aryl methyl sites for hydroxylation is 1. The molecule has 1 unspecified atom stereocenters. The molecule has 0 radical (unpaired) electrons. The van der Waals surface area contributed by atoms with Crippen LogP contribution in [0.1, 0.15) is 36.0 Å². The molecule has 0 spiro atoms. The summed E-state index contributed by atoms with van der Waals surface area (Å²) in [5.41, 5.74) is 4.46. The zero-order valence-electron chi connectivity index (χ0n) is 11.6. The Morgan fingerprint density at radius 1 is 1.26 bits per heavy atom. The second-order valence-electron chi connectivity index (χ2n) is 5.49. The normalized spacial score (nSPS) is 17.0. The number of aromatic nitrogens is 1. The Hall–Kier alpha value is -1.54. The molecule has 2 nitrogen and oxygen atoms in total. The lowest BCUT2D eigenvalue weighted by molar-refractivity contribution is 0.535. The van der Waals surface area contributed by atoms with Crippen LogP contribution in [0.5, 0.6) is 0 Å². The largest absolute Gasteiger partial charge is 0.354 e. The third-order valence-electron chi connectivity index (χ3n) is 3.97. The van der Waals surface area contributed by atoms with Gasteiger partial charge in [-0.2, -0.15) is 0 Å². The molecular weight excluding hydrogens is 232 g/mol. The fraction of sp³-hybridized carbons (Fsp3) is 0.412. The molecule has 2 heteroatoms. The van der Waals surface area contributed by atoms with E-state index in [4.69, 9.17) is 0 Å². The van der Waals surface area contributed by atoms with Crippen molar-refractivity contribution in [2.45, 2.75) is 38.8 Å². The first-order chi connectivity index (χ1) is 9.36. The molecule has 1 aromatic carbocycles. The Balaban J connectivity index is 1.46. The summed E-state index contributed by atoms with van der Waals surface area (Å²) in [6.07, 6.45) is 6.87. The van der Waals surface area contributed by atoms with Crippen LogP contribution in [0.25, 0.3) is 0 Å². The van der Waals surface area contributed by atoms with Crippen LogP contribution in [0.4, 0.5) is 0 Å². The van der Waals surface area contributed by atoms with Crippen molar-refractivity contribution in [1.29, 1.82) is 0 Å². The maximum Gasteiger partial charge on any atom is 0.0220 e. The molecule has 0 fully saturated rings. The van der Waals surface area contributed by atoms with Crippen molar-refractivity contribution < 1.29 is 0 Å². The standard InChI is InChI=1S/C17H22N2/c1-2-8-19-9-7-14(13-19)11-18-12-16-10-15-5-3-4-6-17(15)16/h3-7,9,13,16,18H,2,8,10-12H2,1H3. The average Bonchev–Trinajstić information content (AvgIpc) is 2.83. The highest BCUT2D eigenvalue weighted by atomic mass is 14.9. The van der Waals surface area contributed by atoms with Crippen LogP contribution in [-0.2, 0) is 19.5 Å². The van der Waals surface area contributed by atoms with Crippen LogP contribution >= 0.6 is 0 Å². The fourth-order valence-corrected chi connectivity index (χ4v) is 2.93. The Labute approximate surface area is 115 Å². The lowest BCUT2D eigenvalue weighted by atomic mass is 9.77. The smallest absolute Gasteiger partial charge is 0.0220 e. The highest BCUT2D eigenvalue weighted by Gasteiger charge is 2.24. The average molecular weight is 254 g/mol. The molecule has 0 aliphatic heterocycles. The first-order valence-electron chi connectivity index (χ1n) is 7.30. The monoisotopic (exact) mass is 254 g/mol. The van der Waals surface area contributed by atoms with E-state index >= 15 is 0 Å². The van der Waals surface area contributed by atoms with Crippen molar-refractivity contribution >= 4 is 0 Å². The molecule has 1 heterocycles. The first-order valence-corrected chi connectivity index (χ1v) is 7.30. The number of nitrogens with zero attached hydrogens (tertiary/aromatic N) is 1. The molecule has 1 aliphatic carbocycles. The van der Waals surface area contributed by atoms with Crippen LogP contribution < -0.4 is 5.32 Å². The van der Waals surface area contributed by atoms with E-state index in [0.717, 1.165) is 19.6 Å². The minimum atomic E-state index is 0.717. The zero-order valence-corrected chi connectivity index (χ0v) is 11.6. The summed E-state index contributed by atoms with van der Waals surface area (Å²) >= 11 is 0. The Kier molecular flexibility index (Phi) is 3.69. The topological polar surface area (TPSA) is 17.0 Å². The van der Waals surface area contributed by atoms with Gasteiger partial charge in [-0.25, -0.2) is 0 Å². The van der Waals surface area contributed by atoms with E-state index in [9.17, 15) is 0 Å². The summed E-state index contributed by atoms with van der Waals surface area (Å²) in [5.74, 6) is 0.717. The minimum Gasteiger partial charge on any atom is -0.354 e. The fourth-order valence-electron chi connectivity index (χ4n) is 2.93. The van der Waals surface area contributed by atoms with Crippen LogP contribution in [0.15, 0.2) is 42.7 Å². The molecule has 1 atom stereocenters. The predicted octanol–water partition coefficient (Wildman–Crippen LogP) is 3.33. The van der Waals surface area contributed by atoms with E-state index in [2.05, 4.69) is 59.5 Å². The van der Waals surface area contributed by atoms with Crippen molar-refractivity contribution in [2.75, 3.05) is 6.54 Å². The second kappa shape index (κ2) is 5.62. The van der Waals surface area contributed by atoms with Gasteiger partial charge in [-0.3, -0.25) is 0 Å². The molecule has 0 saturated heterocycles. The molecule has 0 saturated carbocycles. The van der Waals surface area contributed by atoms with Gasteiger partial charge in [-0.1, -0.05) is 31.2 Å². The predicted molar refractivity (Wildman–Crippen MR) is 79.3 cm³/mol. The van der Waals surface area contributed by atoms with Gasteiger partial charge in [0.2, 0.25) is 0 Å². The highest BCUT2D eigenvalue weighted by molar-refractivity contribution is 5.40. The number of rotatable bonds is 6. The van der Waals surface area contributed by atoms with Crippen LogP contribution in [0.2, 0.25) is 0 Å². The van der Waals surface area contributed by atoms with Crippen molar-refractivity contribution in [3.63, 3.8) is 0 Å². The number of benzene rings is 1. The van der Waals surface area contributed by atoms with E-state index in [0.29, 0.717) is 5.92 Å². The van der Waals surface area contributed by atoms with Crippen molar-refractivity contribution in [3.8, 4) is 0 Å². The van der Waals surface area contributed by atoms with E-state index in [-0.39, 0.29) is 0 Å². The van der Waals surface area contributed by atoms with E-state index in [1.54, 1.807) is 5.56 Å². The van der Waals surface area contributed by atoms with Gasteiger partial charge < -0.3 is 9.88 Å². The van der Waals surface area contributed by atoms with E-state index < -0.39 is 0 Å². The number of nitrogens with one attached hydrogen (secondary N) is 1. The number of hydrogen-bond donors (Lipinski definition) is 1. The van der Waals surface area contributed by atoms with Crippen molar-refractivity contribution in [3.05, 3.63) is 59.4 Å². The molecule has 2 aromatic rings. The van der Waals surface area contributed by atoms with Crippen molar-refractivity contribution in [1.82, 2.24) is 9.88 Å². The summed E-state index contributed by atoms with van der Waals surface area (Å²) in [7, 11) is 0. The molecule has 1 N–H and O–H groups in total. The third-order valence-corrected chi connectivity index (χ3v) is 3.97. The van der Waals surface area contributed by atoms with Gasteiger partial charge in [-0.15, -0.1) is 0 Å². The molecule has 1 aromatic heterocycles. The minimum absolute atomic E-state index is 0.717. The van der Waals surface area contributed by atoms with Gasteiger partial charge in [-0.05, 0) is 35.6 Å². The summed E-state index contributed by atoms with van der Waals surface area (Å²) in [6.45, 7) is 5.41. The Morgan fingerprint density at radius 3 is 3.00 bits per heavy atom. The molecule has 3 rings (SSSR count). The first kappa shape index (κ1) is 12.5. The van der Waals surface area contributed by atoms with E-state index in [1.165, 1.54) is 24.0 Å². The maximum atomic E-state index is 3.59. The van der Waals surface area contributed by atoms with Crippen LogP contribution in [0.3, 0.4) is 0 Å². The quantitative estimate of drug-likeness (QED) is 0.836.